The topological polar surface area (TPSA) is 126 Å². The first-order valence-electron chi connectivity index (χ1n) is 11.4. The predicted molar refractivity (Wildman–Crippen MR) is 149 cm³/mol. The van der Waals surface area contributed by atoms with E-state index in [1.807, 2.05) is 0 Å². The molecule has 0 saturated carbocycles. The number of alkyl halides is 2. The summed E-state index contributed by atoms with van der Waals surface area (Å²) in [5, 5.41) is 6.35. The molecule has 1 fully saturated rings. The highest BCUT2D eigenvalue weighted by Crippen LogP contribution is 2.31. The Labute approximate surface area is 233 Å². The van der Waals surface area contributed by atoms with Gasteiger partial charge in [-0.05, 0) is 54.6 Å². The number of hydrogen-bond acceptors (Lipinski definition) is 9. The number of nitrogens with one attached hydrogen (secondary N) is 3. The molecule has 2 atom stereocenters. The molecule has 2 unspecified atom stereocenters. The van der Waals surface area contributed by atoms with Crippen molar-refractivity contribution in [2.24, 2.45) is 0 Å². The van der Waals surface area contributed by atoms with Crippen LogP contribution in [0, 0.1) is 0 Å². The lowest BCUT2D eigenvalue weighted by Crippen LogP contribution is -2.55. The molecule has 14 heteroatoms. The third-order valence-corrected chi connectivity index (χ3v) is 9.20. The summed E-state index contributed by atoms with van der Waals surface area (Å²) in [7, 11) is -2.32. The standard InChI is InChI=1S/C24H22Cl2N6O4S2/c1-36-15-6-9-18-19(13-15)37-24(30-18)31-38(34,35)16-7-4-14(5-8-16)29-22-17(3-2-10-28-22)23(33)32-12-11-27-20(25)21(32)26/h2-10,13,20-21,27H,11-12H2,1H3,(H,28,29)(H,30,31). The lowest BCUT2D eigenvalue weighted by atomic mass is 10.2. The first kappa shape index (κ1) is 26.4. The molecular formula is C24H22Cl2N6O4S2. The van der Waals surface area contributed by atoms with Gasteiger partial charge in [-0.2, -0.15) is 0 Å². The molecule has 0 spiro atoms. The number of methoxy groups -OCH3 is 1. The zero-order valence-electron chi connectivity index (χ0n) is 19.9. The summed E-state index contributed by atoms with van der Waals surface area (Å²) < 4.78 is 34.5. The number of rotatable bonds is 7. The van der Waals surface area contributed by atoms with Gasteiger partial charge in [0.1, 0.15) is 22.6 Å². The number of carbonyl (C=O) groups is 1. The number of benzene rings is 2. The van der Waals surface area contributed by atoms with Crippen molar-refractivity contribution in [3.05, 3.63) is 66.4 Å². The Morgan fingerprint density at radius 1 is 1.18 bits per heavy atom. The Bertz CT molecular complexity index is 1580. The summed E-state index contributed by atoms with van der Waals surface area (Å²) >= 11 is 13.7. The molecule has 2 aromatic heterocycles. The maximum Gasteiger partial charge on any atom is 0.263 e. The molecule has 1 aliphatic rings. The van der Waals surface area contributed by atoms with Gasteiger partial charge < -0.3 is 15.0 Å². The molecule has 1 aliphatic heterocycles. The van der Waals surface area contributed by atoms with E-state index >= 15 is 0 Å². The highest BCUT2D eigenvalue weighted by Gasteiger charge is 2.33. The van der Waals surface area contributed by atoms with Crippen LogP contribution in [0.15, 0.2) is 65.7 Å². The van der Waals surface area contributed by atoms with Crippen LogP contribution in [0.1, 0.15) is 10.4 Å². The largest absolute Gasteiger partial charge is 0.497 e. The van der Waals surface area contributed by atoms with Gasteiger partial charge in [0.15, 0.2) is 5.13 Å². The lowest BCUT2D eigenvalue weighted by Gasteiger charge is -2.35. The first-order valence-corrected chi connectivity index (χ1v) is 14.5. The Balaban J connectivity index is 1.32. The number of sulfonamides is 1. The number of nitrogens with zero attached hydrogens (tertiary/aromatic N) is 3. The number of pyridine rings is 1. The van der Waals surface area contributed by atoms with E-state index in [0.29, 0.717) is 41.4 Å². The highest BCUT2D eigenvalue weighted by molar-refractivity contribution is 7.93. The first-order chi connectivity index (χ1) is 18.2. The van der Waals surface area contributed by atoms with Gasteiger partial charge in [-0.1, -0.05) is 22.9 Å². The average molecular weight is 594 g/mol. The van der Waals surface area contributed by atoms with Gasteiger partial charge in [0, 0.05) is 25.0 Å². The van der Waals surface area contributed by atoms with Crippen molar-refractivity contribution >= 4 is 77.3 Å². The minimum absolute atomic E-state index is 0.0520. The number of piperazine rings is 1. The molecule has 1 amide bonds. The second-order valence-corrected chi connectivity index (χ2v) is 11.9. The summed E-state index contributed by atoms with van der Waals surface area (Å²) in [5.74, 6) is 0.657. The summed E-state index contributed by atoms with van der Waals surface area (Å²) in [6.45, 7) is 0.910. The van der Waals surface area contributed by atoms with Crippen molar-refractivity contribution in [1.29, 1.82) is 0 Å². The number of ether oxygens (including phenoxy) is 1. The fourth-order valence-electron chi connectivity index (χ4n) is 3.85. The van der Waals surface area contributed by atoms with Crippen LogP contribution in [-0.4, -0.2) is 60.4 Å². The zero-order chi connectivity index (χ0) is 26.9. The van der Waals surface area contributed by atoms with E-state index in [1.165, 1.54) is 28.4 Å². The minimum Gasteiger partial charge on any atom is -0.497 e. The number of thiazole rings is 1. The van der Waals surface area contributed by atoms with Crippen molar-refractivity contribution < 1.29 is 17.9 Å². The average Bonchev–Trinajstić information content (AvgIpc) is 3.31. The van der Waals surface area contributed by atoms with Crippen molar-refractivity contribution in [2.45, 2.75) is 15.9 Å². The van der Waals surface area contributed by atoms with Crippen molar-refractivity contribution in [2.75, 3.05) is 30.2 Å². The SMILES string of the molecule is COc1ccc2nc(NS(=O)(=O)c3ccc(Nc4ncccc4C(=O)N4CCNC(Cl)C4Cl)cc3)sc2c1. The molecule has 4 aromatic rings. The van der Waals surface area contributed by atoms with Crippen molar-refractivity contribution in [3.63, 3.8) is 0 Å². The highest BCUT2D eigenvalue weighted by atomic mass is 35.5. The van der Waals surface area contributed by atoms with Crippen LogP contribution in [0.3, 0.4) is 0 Å². The lowest BCUT2D eigenvalue weighted by molar-refractivity contribution is 0.0694. The van der Waals surface area contributed by atoms with Crippen LogP contribution >= 0.6 is 34.5 Å². The molecule has 1 saturated heterocycles. The van der Waals surface area contributed by atoms with E-state index in [1.54, 1.807) is 55.8 Å². The number of halogens is 2. The summed E-state index contributed by atoms with van der Waals surface area (Å²) in [5.41, 5.74) is 0.227. The minimum atomic E-state index is -3.88. The van der Waals surface area contributed by atoms with E-state index in [0.717, 1.165) is 4.70 Å². The third kappa shape index (κ3) is 5.49. The third-order valence-electron chi connectivity index (χ3n) is 5.77. The normalized spacial score (nSPS) is 17.8. The Hall–Kier alpha value is -3.16. The quantitative estimate of drug-likeness (QED) is 0.213. The van der Waals surface area contributed by atoms with Gasteiger partial charge in [0.2, 0.25) is 0 Å². The Morgan fingerprint density at radius 3 is 2.74 bits per heavy atom. The fraction of sp³-hybridized carbons (Fsp3) is 0.208. The maximum atomic E-state index is 13.2. The summed E-state index contributed by atoms with van der Waals surface area (Å²) in [6.07, 6.45) is 1.55. The summed E-state index contributed by atoms with van der Waals surface area (Å²) in [6, 6.07) is 14.7. The number of hydrogen-bond donors (Lipinski definition) is 3. The second-order valence-electron chi connectivity index (χ2n) is 8.23. The predicted octanol–water partition coefficient (Wildman–Crippen LogP) is 4.42. The van der Waals surface area contributed by atoms with Crippen molar-refractivity contribution in [3.8, 4) is 5.75 Å². The maximum absolute atomic E-state index is 13.2. The molecule has 2 aromatic carbocycles. The molecule has 0 radical (unpaired) electrons. The molecule has 0 bridgehead atoms. The Kier molecular flexibility index (Phi) is 7.59. The smallest absolute Gasteiger partial charge is 0.263 e. The van der Waals surface area contributed by atoms with E-state index in [9.17, 15) is 13.2 Å². The van der Waals surface area contributed by atoms with Crippen molar-refractivity contribution in [1.82, 2.24) is 20.2 Å². The van der Waals surface area contributed by atoms with Crippen LogP contribution in [0.4, 0.5) is 16.6 Å². The number of amides is 1. The second kappa shape index (κ2) is 10.9. The molecule has 3 N–H and O–H groups in total. The van der Waals surface area contributed by atoms with E-state index in [2.05, 4.69) is 25.3 Å². The fourth-order valence-corrected chi connectivity index (χ4v) is 6.50. The molecule has 198 valence electrons. The number of anilines is 3. The van der Waals surface area contributed by atoms with E-state index in [4.69, 9.17) is 27.9 Å². The Morgan fingerprint density at radius 2 is 1.97 bits per heavy atom. The zero-order valence-corrected chi connectivity index (χ0v) is 23.0. The van der Waals surface area contributed by atoms with Crippen LogP contribution in [0.5, 0.6) is 5.75 Å². The van der Waals surface area contributed by atoms with Gasteiger partial charge in [0.25, 0.3) is 15.9 Å². The summed E-state index contributed by atoms with van der Waals surface area (Å²) in [4.78, 5) is 23.4. The van der Waals surface area contributed by atoms with Gasteiger partial charge >= 0.3 is 0 Å². The van der Waals surface area contributed by atoms with Crippen LogP contribution in [0.2, 0.25) is 0 Å². The van der Waals surface area contributed by atoms with E-state index < -0.39 is 21.0 Å². The number of carbonyl (C=O) groups excluding carboxylic acids is 1. The van der Waals surface area contributed by atoms with Crippen LogP contribution in [0.25, 0.3) is 10.2 Å². The molecule has 10 nitrogen and oxygen atoms in total. The monoisotopic (exact) mass is 592 g/mol. The molecule has 5 rings (SSSR count). The van der Waals surface area contributed by atoms with Gasteiger partial charge in [0.05, 0.1) is 27.8 Å². The van der Waals surface area contributed by atoms with Gasteiger partial charge in [-0.15, -0.1) is 11.6 Å². The molecule has 38 heavy (non-hydrogen) atoms. The van der Waals surface area contributed by atoms with Gasteiger partial charge in [-0.3, -0.25) is 14.8 Å². The molecule has 0 aliphatic carbocycles. The number of fused-ring (bicyclic) bond motifs is 1. The molecule has 3 heterocycles. The van der Waals surface area contributed by atoms with E-state index in [-0.39, 0.29) is 15.9 Å². The van der Waals surface area contributed by atoms with Gasteiger partial charge in [-0.25, -0.2) is 18.4 Å². The van der Waals surface area contributed by atoms with Crippen LogP contribution in [-0.2, 0) is 10.0 Å². The molecular weight excluding hydrogens is 571 g/mol. The number of aromatic nitrogens is 2. The van der Waals surface area contributed by atoms with Crippen LogP contribution < -0.4 is 20.1 Å².